The Balaban J connectivity index is 2.34. The van der Waals surface area contributed by atoms with E-state index >= 15 is 0 Å². The molecule has 0 saturated carbocycles. The molecule has 0 bridgehead atoms. The fraction of sp³-hybridized carbons (Fsp3) is 0.250. The Hall–Kier alpha value is -1.64. The van der Waals surface area contributed by atoms with Gasteiger partial charge in [-0.15, -0.1) is 0 Å². The van der Waals surface area contributed by atoms with Gasteiger partial charge in [0.2, 0.25) is 5.97 Å². The molecule has 1 aliphatic rings. The summed E-state index contributed by atoms with van der Waals surface area (Å²) in [5.74, 6) is -1.33. The maximum Gasteiger partial charge on any atom is 0.416 e. The zero-order valence-corrected chi connectivity index (χ0v) is 9.81. The predicted octanol–water partition coefficient (Wildman–Crippen LogP) is 2.52. The van der Waals surface area contributed by atoms with Gasteiger partial charge in [0, 0.05) is 6.07 Å². The maximum atomic E-state index is 12.4. The number of hydrogen-bond acceptors (Lipinski definition) is 5. The van der Waals surface area contributed by atoms with Crippen LogP contribution in [0.25, 0.3) is 0 Å². The topological polar surface area (TPSA) is 105 Å². The molecule has 1 aromatic carbocycles. The second-order valence-electron chi connectivity index (χ2n) is 3.65. The fourth-order valence-corrected chi connectivity index (χ4v) is 2.17. The number of nitro benzene ring substituents is 1. The van der Waals surface area contributed by atoms with Gasteiger partial charge in [0.1, 0.15) is 5.69 Å². The smallest absolute Gasteiger partial charge is 0.344 e. The summed E-state index contributed by atoms with van der Waals surface area (Å²) in [6.07, 6.45) is -4.72. The average Bonchev–Trinajstić information content (AvgIpc) is 2.84. The Labute approximate surface area is 103 Å². The summed E-state index contributed by atoms with van der Waals surface area (Å²) in [4.78, 5) is 18.6. The number of benzene rings is 1. The molecule has 19 heavy (non-hydrogen) atoms. The van der Waals surface area contributed by atoms with Gasteiger partial charge >= 0.3 is 13.8 Å². The third-order valence-corrected chi connectivity index (χ3v) is 3.43. The number of nitro groups is 1. The molecule has 2 atom stereocenters. The maximum absolute atomic E-state index is 12.4. The molecule has 0 aliphatic carbocycles. The molecule has 2 unspecified atom stereocenters. The number of alkyl halides is 3. The van der Waals surface area contributed by atoms with Gasteiger partial charge in [-0.3, -0.25) is 19.2 Å². The Morgan fingerprint density at radius 1 is 1.47 bits per heavy atom. The van der Waals surface area contributed by atoms with Crippen LogP contribution in [0.1, 0.15) is 5.56 Å². The molecular formula is C8H6F3N2O5P. The van der Waals surface area contributed by atoms with E-state index in [0.29, 0.717) is 12.1 Å². The summed E-state index contributed by atoms with van der Waals surface area (Å²) < 4.78 is 52.4. The van der Waals surface area contributed by atoms with Crippen LogP contribution in [-0.4, -0.2) is 15.8 Å². The summed E-state index contributed by atoms with van der Waals surface area (Å²) >= 11 is 0. The molecule has 1 saturated heterocycles. The lowest BCUT2D eigenvalue weighted by atomic mass is 10.1. The first-order valence-electron chi connectivity index (χ1n) is 4.74. The zero-order valence-electron chi connectivity index (χ0n) is 8.92. The summed E-state index contributed by atoms with van der Waals surface area (Å²) in [7, 11) is -3.81. The van der Waals surface area contributed by atoms with Crippen LogP contribution >= 0.6 is 7.60 Å². The number of nitrogens with zero attached hydrogens (tertiary/aromatic N) is 1. The first-order valence-corrected chi connectivity index (χ1v) is 6.39. The molecule has 104 valence electrons. The second kappa shape index (κ2) is 4.19. The van der Waals surface area contributed by atoms with Crippen molar-refractivity contribution in [2.75, 3.05) is 5.32 Å². The minimum atomic E-state index is -4.72. The van der Waals surface area contributed by atoms with Crippen LogP contribution in [0.15, 0.2) is 18.2 Å². The first kappa shape index (κ1) is 13.8. The highest BCUT2D eigenvalue weighted by Gasteiger charge is 2.53. The Kier molecular flexibility index (Phi) is 3.04. The van der Waals surface area contributed by atoms with Gasteiger partial charge in [0.05, 0.1) is 10.5 Å². The highest BCUT2D eigenvalue weighted by molar-refractivity contribution is 7.59. The summed E-state index contributed by atoms with van der Waals surface area (Å²) in [5.41, 5.74) is -2.37. The van der Waals surface area contributed by atoms with Crippen LogP contribution in [0.2, 0.25) is 0 Å². The van der Waals surface area contributed by atoms with Gasteiger partial charge in [0.25, 0.3) is 5.69 Å². The quantitative estimate of drug-likeness (QED) is 0.384. The molecule has 1 aliphatic heterocycles. The van der Waals surface area contributed by atoms with Crippen LogP contribution < -0.4 is 5.32 Å². The van der Waals surface area contributed by atoms with Crippen LogP contribution in [-0.2, 0) is 15.3 Å². The Morgan fingerprint density at radius 2 is 2.05 bits per heavy atom. The standard InChI is InChI=1S/C8H6F3N2O5P/c9-8(10,11)4-1-2-5(6(3-4)13(14)15)12-7-18-19(7,16)17/h1-3,7,12H,(H,16,17). The molecule has 0 radical (unpaired) electrons. The van der Waals surface area contributed by atoms with Crippen LogP contribution in [0.3, 0.4) is 0 Å². The molecule has 1 aromatic rings. The van der Waals surface area contributed by atoms with Crippen molar-refractivity contribution in [3.63, 3.8) is 0 Å². The minimum absolute atomic E-state index is 0.324. The highest BCUT2D eigenvalue weighted by Crippen LogP contribution is 2.65. The third-order valence-electron chi connectivity index (χ3n) is 2.30. The molecule has 0 aromatic heterocycles. The number of hydrogen-bond donors (Lipinski definition) is 2. The SMILES string of the molecule is O=[N+]([O-])c1cc(C(F)(F)F)ccc1NC1OP1(=O)O. The van der Waals surface area contributed by atoms with E-state index in [1.165, 1.54) is 0 Å². The van der Waals surface area contributed by atoms with E-state index < -0.39 is 35.9 Å². The van der Waals surface area contributed by atoms with Crippen molar-refractivity contribution >= 4 is 19.0 Å². The van der Waals surface area contributed by atoms with E-state index in [4.69, 9.17) is 4.89 Å². The second-order valence-corrected chi connectivity index (χ2v) is 5.46. The molecule has 1 fully saturated rings. The third kappa shape index (κ3) is 2.86. The van der Waals surface area contributed by atoms with Gasteiger partial charge in [-0.25, -0.2) is 0 Å². The van der Waals surface area contributed by atoms with Crippen LogP contribution in [0.4, 0.5) is 24.5 Å². The molecule has 2 rings (SSSR count). The van der Waals surface area contributed by atoms with E-state index in [0.717, 1.165) is 6.07 Å². The van der Waals surface area contributed by atoms with E-state index in [9.17, 15) is 27.9 Å². The van der Waals surface area contributed by atoms with Crippen LogP contribution in [0, 0.1) is 10.1 Å². The summed E-state index contributed by atoms with van der Waals surface area (Å²) in [6.45, 7) is 0. The van der Waals surface area contributed by atoms with Crippen molar-refractivity contribution in [1.82, 2.24) is 0 Å². The first-order chi connectivity index (χ1) is 8.61. The van der Waals surface area contributed by atoms with Gasteiger partial charge in [-0.1, -0.05) is 0 Å². The van der Waals surface area contributed by atoms with E-state index in [-0.39, 0.29) is 5.69 Å². The summed E-state index contributed by atoms with van der Waals surface area (Å²) in [5, 5.41) is 12.9. The number of anilines is 1. The van der Waals surface area contributed by atoms with Crippen molar-refractivity contribution in [3.05, 3.63) is 33.9 Å². The van der Waals surface area contributed by atoms with E-state index in [1.807, 2.05) is 0 Å². The lowest BCUT2D eigenvalue weighted by molar-refractivity contribution is -0.384. The van der Waals surface area contributed by atoms with Gasteiger partial charge in [-0.05, 0) is 12.1 Å². The van der Waals surface area contributed by atoms with Crippen molar-refractivity contribution < 1.29 is 32.1 Å². The van der Waals surface area contributed by atoms with Crippen molar-refractivity contribution in [2.24, 2.45) is 0 Å². The monoisotopic (exact) mass is 298 g/mol. The van der Waals surface area contributed by atoms with Crippen molar-refractivity contribution in [3.8, 4) is 0 Å². The normalized spacial score (nSPS) is 26.0. The molecular weight excluding hydrogens is 292 g/mol. The Bertz CT molecular complexity index is 590. The summed E-state index contributed by atoms with van der Waals surface area (Å²) in [6, 6.07) is 1.77. The van der Waals surface area contributed by atoms with E-state index in [1.54, 1.807) is 0 Å². The van der Waals surface area contributed by atoms with E-state index in [2.05, 4.69) is 9.84 Å². The minimum Gasteiger partial charge on any atom is -0.344 e. The molecule has 2 N–H and O–H groups in total. The number of rotatable bonds is 3. The van der Waals surface area contributed by atoms with Gasteiger partial charge in [-0.2, -0.15) is 13.2 Å². The Morgan fingerprint density at radius 3 is 2.47 bits per heavy atom. The average molecular weight is 298 g/mol. The molecule has 0 amide bonds. The lowest BCUT2D eigenvalue weighted by Gasteiger charge is -2.08. The number of nitrogens with one attached hydrogen (secondary N) is 1. The van der Waals surface area contributed by atoms with Crippen molar-refractivity contribution in [2.45, 2.75) is 12.1 Å². The van der Waals surface area contributed by atoms with Gasteiger partial charge in [0.15, 0.2) is 0 Å². The molecule has 11 heteroatoms. The molecule has 0 spiro atoms. The number of halogens is 3. The highest BCUT2D eigenvalue weighted by atomic mass is 31.2. The van der Waals surface area contributed by atoms with Crippen LogP contribution in [0.5, 0.6) is 0 Å². The zero-order chi connectivity index (χ0) is 14.4. The fourth-order valence-electron chi connectivity index (χ4n) is 1.34. The van der Waals surface area contributed by atoms with Gasteiger partial charge < -0.3 is 10.2 Å². The largest absolute Gasteiger partial charge is 0.416 e. The molecule has 7 nitrogen and oxygen atoms in total. The van der Waals surface area contributed by atoms with Crippen molar-refractivity contribution in [1.29, 1.82) is 0 Å². The lowest BCUT2D eigenvalue weighted by Crippen LogP contribution is -2.09. The predicted molar refractivity (Wildman–Crippen MR) is 56.4 cm³/mol. The molecule has 1 heterocycles.